The summed E-state index contributed by atoms with van der Waals surface area (Å²) in [6.45, 7) is 10.8. The van der Waals surface area contributed by atoms with Crippen LogP contribution in [0.4, 0.5) is 0 Å². The first kappa shape index (κ1) is 19.4. The molecule has 6 heteroatoms. The second-order valence-electron chi connectivity index (χ2n) is 5.94. The number of hydrogen-bond donors (Lipinski definition) is 1. The lowest BCUT2D eigenvalue weighted by molar-refractivity contribution is -0.147. The number of carbonyl (C=O) groups excluding carboxylic acids is 2. The first-order valence-electron chi connectivity index (χ1n) is 7.09. The van der Waals surface area contributed by atoms with Gasteiger partial charge in [-0.05, 0) is 19.3 Å². The molecule has 0 spiro atoms. The molecule has 0 aromatic carbocycles. The van der Waals surface area contributed by atoms with E-state index in [2.05, 4.69) is 0 Å². The van der Waals surface area contributed by atoms with Crippen molar-refractivity contribution < 1.29 is 29.0 Å². The Morgan fingerprint density at radius 2 is 1.76 bits per heavy atom. The average Bonchev–Trinajstić information content (AvgIpc) is 2.88. The molecule has 2 unspecified atom stereocenters. The zero-order valence-corrected chi connectivity index (χ0v) is 13.6. The number of aliphatic carboxylic acids is 1. The lowest BCUT2D eigenvalue weighted by Gasteiger charge is -2.04. The molecule has 1 fully saturated rings. The van der Waals surface area contributed by atoms with Crippen LogP contribution >= 0.6 is 0 Å². The van der Waals surface area contributed by atoms with E-state index in [9.17, 15) is 14.4 Å². The monoisotopic (exact) mass is 302 g/mol. The predicted octanol–water partition coefficient (Wildman–Crippen LogP) is 2.25. The minimum atomic E-state index is -0.804. The molecular formula is C15H26O6. The summed E-state index contributed by atoms with van der Waals surface area (Å²) in [4.78, 5) is 31.6. The molecule has 122 valence electrons. The number of rotatable bonds is 5. The van der Waals surface area contributed by atoms with Crippen LogP contribution < -0.4 is 0 Å². The average molecular weight is 302 g/mol. The molecule has 0 radical (unpaired) electrons. The summed E-state index contributed by atoms with van der Waals surface area (Å²) in [5.41, 5.74) is -0.235. The van der Waals surface area contributed by atoms with E-state index in [0.29, 0.717) is 6.42 Å². The molecule has 0 bridgehead atoms. The van der Waals surface area contributed by atoms with E-state index >= 15 is 0 Å². The van der Waals surface area contributed by atoms with E-state index in [1.54, 1.807) is 6.92 Å². The van der Waals surface area contributed by atoms with Gasteiger partial charge in [0.1, 0.15) is 0 Å². The molecular weight excluding hydrogens is 276 g/mol. The molecule has 1 aliphatic rings. The molecule has 0 heterocycles. The van der Waals surface area contributed by atoms with Crippen LogP contribution in [0.5, 0.6) is 0 Å². The molecule has 1 aliphatic carbocycles. The SMILES string of the molecule is CC(=O)OCC1C(C(=O)O)C1(C)C.CCC(=O)OC(C)C. The Morgan fingerprint density at radius 1 is 1.24 bits per heavy atom. The fraction of sp³-hybridized carbons (Fsp3) is 0.800. The van der Waals surface area contributed by atoms with Crippen molar-refractivity contribution in [3.8, 4) is 0 Å². The Kier molecular flexibility index (Phi) is 7.39. The minimum absolute atomic E-state index is 0.0300. The highest BCUT2D eigenvalue weighted by Crippen LogP contribution is 2.58. The summed E-state index contributed by atoms with van der Waals surface area (Å²) in [6, 6.07) is 0. The predicted molar refractivity (Wildman–Crippen MR) is 76.5 cm³/mol. The number of esters is 2. The fourth-order valence-electron chi connectivity index (χ4n) is 2.10. The van der Waals surface area contributed by atoms with Crippen LogP contribution in [-0.2, 0) is 23.9 Å². The molecule has 0 aliphatic heterocycles. The van der Waals surface area contributed by atoms with E-state index in [0.717, 1.165) is 0 Å². The zero-order chi connectivity index (χ0) is 16.8. The Hall–Kier alpha value is -1.59. The Balaban J connectivity index is 0.000000433. The Bertz CT molecular complexity index is 386. The second-order valence-corrected chi connectivity index (χ2v) is 5.94. The number of carboxylic acids is 1. The van der Waals surface area contributed by atoms with Crippen molar-refractivity contribution in [2.75, 3.05) is 6.61 Å². The van der Waals surface area contributed by atoms with E-state index in [1.807, 2.05) is 27.7 Å². The molecule has 6 nitrogen and oxygen atoms in total. The lowest BCUT2D eigenvalue weighted by atomic mass is 10.1. The third-order valence-corrected chi connectivity index (χ3v) is 3.44. The van der Waals surface area contributed by atoms with Crippen molar-refractivity contribution in [3.63, 3.8) is 0 Å². The highest BCUT2D eigenvalue weighted by molar-refractivity contribution is 5.75. The van der Waals surface area contributed by atoms with Gasteiger partial charge in [-0.1, -0.05) is 20.8 Å². The Morgan fingerprint density at radius 3 is 2.00 bits per heavy atom. The third-order valence-electron chi connectivity index (χ3n) is 3.44. The maximum absolute atomic E-state index is 10.7. The number of hydrogen-bond acceptors (Lipinski definition) is 5. The van der Waals surface area contributed by atoms with E-state index < -0.39 is 5.97 Å². The Labute approximate surface area is 125 Å². The maximum Gasteiger partial charge on any atom is 0.307 e. The first-order chi connectivity index (χ1) is 9.53. The van der Waals surface area contributed by atoms with E-state index in [1.165, 1.54) is 6.92 Å². The van der Waals surface area contributed by atoms with Gasteiger partial charge in [-0.2, -0.15) is 0 Å². The topological polar surface area (TPSA) is 89.9 Å². The molecule has 2 atom stereocenters. The van der Waals surface area contributed by atoms with Crippen molar-refractivity contribution >= 4 is 17.9 Å². The van der Waals surface area contributed by atoms with Gasteiger partial charge in [0.2, 0.25) is 0 Å². The highest BCUT2D eigenvalue weighted by atomic mass is 16.5. The number of ether oxygens (including phenoxy) is 2. The highest BCUT2D eigenvalue weighted by Gasteiger charge is 2.62. The van der Waals surface area contributed by atoms with Gasteiger partial charge in [0.25, 0.3) is 0 Å². The van der Waals surface area contributed by atoms with E-state index in [-0.39, 0.29) is 41.9 Å². The lowest BCUT2D eigenvalue weighted by Crippen LogP contribution is -2.09. The van der Waals surface area contributed by atoms with Crippen LogP contribution in [0.25, 0.3) is 0 Å². The van der Waals surface area contributed by atoms with Gasteiger partial charge in [-0.25, -0.2) is 0 Å². The van der Waals surface area contributed by atoms with E-state index in [4.69, 9.17) is 14.6 Å². The molecule has 1 N–H and O–H groups in total. The normalized spacial score (nSPS) is 21.9. The quantitative estimate of drug-likeness (QED) is 0.783. The smallest absolute Gasteiger partial charge is 0.307 e. The summed E-state index contributed by atoms with van der Waals surface area (Å²) >= 11 is 0. The van der Waals surface area contributed by atoms with Gasteiger partial charge in [0, 0.05) is 19.3 Å². The summed E-state index contributed by atoms with van der Waals surface area (Å²) in [5.74, 6) is -1.69. The first-order valence-corrected chi connectivity index (χ1v) is 7.09. The summed E-state index contributed by atoms with van der Waals surface area (Å²) in [5, 5.41) is 8.78. The second kappa shape index (κ2) is 8.00. The van der Waals surface area contributed by atoms with Crippen LogP contribution in [0.2, 0.25) is 0 Å². The van der Waals surface area contributed by atoms with Crippen LogP contribution in [0, 0.1) is 17.3 Å². The molecule has 0 saturated heterocycles. The molecule has 0 aromatic heterocycles. The summed E-state index contributed by atoms with van der Waals surface area (Å²) < 4.78 is 9.54. The van der Waals surface area contributed by atoms with Gasteiger partial charge in [0.15, 0.2) is 0 Å². The van der Waals surface area contributed by atoms with Crippen LogP contribution in [-0.4, -0.2) is 35.7 Å². The fourth-order valence-corrected chi connectivity index (χ4v) is 2.10. The molecule has 0 amide bonds. The van der Waals surface area contributed by atoms with Crippen molar-refractivity contribution in [3.05, 3.63) is 0 Å². The van der Waals surface area contributed by atoms with Gasteiger partial charge >= 0.3 is 17.9 Å². The van der Waals surface area contributed by atoms with Gasteiger partial charge in [-0.15, -0.1) is 0 Å². The van der Waals surface area contributed by atoms with Crippen LogP contribution in [0.15, 0.2) is 0 Å². The van der Waals surface area contributed by atoms with Gasteiger partial charge < -0.3 is 14.6 Å². The third kappa shape index (κ3) is 6.60. The maximum atomic E-state index is 10.7. The molecule has 0 aromatic rings. The zero-order valence-electron chi connectivity index (χ0n) is 13.6. The van der Waals surface area contributed by atoms with Crippen molar-refractivity contribution in [2.24, 2.45) is 17.3 Å². The summed E-state index contributed by atoms with van der Waals surface area (Å²) in [6.07, 6.45) is 0.500. The van der Waals surface area contributed by atoms with Gasteiger partial charge in [-0.3, -0.25) is 14.4 Å². The van der Waals surface area contributed by atoms with Crippen molar-refractivity contribution in [1.29, 1.82) is 0 Å². The molecule has 1 saturated carbocycles. The largest absolute Gasteiger partial charge is 0.481 e. The van der Waals surface area contributed by atoms with Crippen molar-refractivity contribution in [2.45, 2.75) is 54.1 Å². The molecule has 21 heavy (non-hydrogen) atoms. The van der Waals surface area contributed by atoms with Crippen molar-refractivity contribution in [1.82, 2.24) is 0 Å². The van der Waals surface area contributed by atoms with Gasteiger partial charge in [0.05, 0.1) is 18.6 Å². The standard InChI is InChI=1S/C9H14O4.C6H12O2/c1-5(10)13-4-6-7(8(11)12)9(6,2)3;1-4-6(7)8-5(2)3/h6-7H,4H2,1-3H3,(H,11,12);5H,4H2,1-3H3. The number of carbonyl (C=O) groups is 3. The number of carboxylic acid groups (broad SMARTS) is 1. The summed E-state index contributed by atoms with van der Waals surface area (Å²) in [7, 11) is 0. The van der Waals surface area contributed by atoms with Crippen LogP contribution in [0.3, 0.4) is 0 Å². The molecule has 1 rings (SSSR count). The minimum Gasteiger partial charge on any atom is -0.481 e. The van der Waals surface area contributed by atoms with Crippen LogP contribution in [0.1, 0.15) is 48.0 Å².